The van der Waals surface area contributed by atoms with E-state index in [1.165, 1.54) is 12.0 Å². The van der Waals surface area contributed by atoms with Crippen molar-refractivity contribution in [2.75, 3.05) is 0 Å². The Morgan fingerprint density at radius 1 is 1.24 bits per heavy atom. The highest BCUT2D eigenvalue weighted by Crippen LogP contribution is 2.56. The van der Waals surface area contributed by atoms with Gasteiger partial charge >= 0.3 is 0 Å². The molecule has 3 aliphatic carbocycles. The van der Waals surface area contributed by atoms with Gasteiger partial charge in [0.15, 0.2) is 0 Å². The molecule has 0 bridgehead atoms. The van der Waals surface area contributed by atoms with Crippen molar-refractivity contribution in [3.8, 4) is 0 Å². The standard InChI is InChI=1S/C19H28O2/c1-4-18-17-7-5-13-11-14(21)6-8-15(13)16(17)9-10-19(18,3)12(2)20/h16-18H,4-11H2,1-3H3/t16-,17-,18+,19-/m1/s1. The normalized spacial score (nSPS) is 39.8. The predicted octanol–water partition coefficient (Wildman–Crippen LogP) is 4.48. The lowest BCUT2D eigenvalue weighted by Crippen LogP contribution is -2.47. The van der Waals surface area contributed by atoms with Gasteiger partial charge in [-0.2, -0.15) is 0 Å². The van der Waals surface area contributed by atoms with Gasteiger partial charge in [0, 0.05) is 18.3 Å². The highest BCUT2D eigenvalue weighted by atomic mass is 16.1. The van der Waals surface area contributed by atoms with Gasteiger partial charge in [-0.25, -0.2) is 0 Å². The van der Waals surface area contributed by atoms with Crippen molar-refractivity contribution >= 4 is 11.6 Å². The Bertz CT molecular complexity index is 502. The van der Waals surface area contributed by atoms with Gasteiger partial charge in [-0.1, -0.05) is 31.4 Å². The van der Waals surface area contributed by atoms with Crippen molar-refractivity contribution in [1.82, 2.24) is 0 Å². The molecule has 0 aliphatic heterocycles. The molecule has 116 valence electrons. The van der Waals surface area contributed by atoms with Crippen LogP contribution in [0, 0.1) is 23.2 Å². The van der Waals surface area contributed by atoms with Crippen LogP contribution in [0.3, 0.4) is 0 Å². The first-order valence-electron chi connectivity index (χ1n) is 8.71. The maximum Gasteiger partial charge on any atom is 0.137 e. The summed E-state index contributed by atoms with van der Waals surface area (Å²) in [5, 5.41) is 0. The van der Waals surface area contributed by atoms with Crippen LogP contribution in [0.15, 0.2) is 11.1 Å². The summed E-state index contributed by atoms with van der Waals surface area (Å²) in [5.74, 6) is 2.68. The summed E-state index contributed by atoms with van der Waals surface area (Å²) in [6, 6.07) is 0. The van der Waals surface area contributed by atoms with Gasteiger partial charge in [-0.05, 0) is 56.8 Å². The van der Waals surface area contributed by atoms with E-state index in [9.17, 15) is 9.59 Å². The van der Waals surface area contributed by atoms with Crippen LogP contribution in [-0.2, 0) is 9.59 Å². The summed E-state index contributed by atoms with van der Waals surface area (Å²) in [6.45, 7) is 6.24. The maximum atomic E-state index is 12.2. The van der Waals surface area contributed by atoms with Crippen LogP contribution in [0.2, 0.25) is 0 Å². The molecule has 1 saturated carbocycles. The van der Waals surface area contributed by atoms with Gasteiger partial charge in [0.1, 0.15) is 11.6 Å². The SMILES string of the molecule is CC[C@H]1[C@@H]2CCC3=C(CCC(=O)C3)[C@H]2CC[C@]1(C)C(C)=O. The molecular weight excluding hydrogens is 260 g/mol. The van der Waals surface area contributed by atoms with E-state index in [0.717, 1.165) is 44.9 Å². The zero-order valence-electron chi connectivity index (χ0n) is 13.7. The number of fused-ring (bicyclic) bond motifs is 2. The number of ketones is 2. The van der Waals surface area contributed by atoms with Gasteiger partial charge < -0.3 is 0 Å². The molecule has 0 spiro atoms. The summed E-state index contributed by atoms with van der Waals surface area (Å²) < 4.78 is 0. The van der Waals surface area contributed by atoms with Crippen LogP contribution in [0.1, 0.15) is 72.1 Å². The average Bonchev–Trinajstić information content (AvgIpc) is 2.46. The molecule has 2 heteroatoms. The summed E-state index contributed by atoms with van der Waals surface area (Å²) in [4.78, 5) is 23.9. The van der Waals surface area contributed by atoms with E-state index in [1.807, 2.05) is 0 Å². The number of carbonyl (C=O) groups excluding carboxylic acids is 2. The van der Waals surface area contributed by atoms with Crippen LogP contribution in [0.5, 0.6) is 0 Å². The fourth-order valence-corrected chi connectivity index (χ4v) is 5.56. The summed E-state index contributed by atoms with van der Waals surface area (Å²) >= 11 is 0. The second-order valence-electron chi connectivity index (χ2n) is 7.68. The van der Waals surface area contributed by atoms with Gasteiger partial charge in [-0.3, -0.25) is 9.59 Å². The highest BCUT2D eigenvalue weighted by Gasteiger charge is 2.50. The lowest BCUT2D eigenvalue weighted by molar-refractivity contribution is -0.134. The van der Waals surface area contributed by atoms with Crippen LogP contribution >= 0.6 is 0 Å². The third-order valence-corrected chi connectivity index (χ3v) is 6.84. The Morgan fingerprint density at radius 2 is 2.00 bits per heavy atom. The molecule has 0 aromatic rings. The number of carbonyl (C=O) groups is 2. The molecule has 0 aromatic heterocycles. The van der Waals surface area contributed by atoms with Crippen molar-refractivity contribution in [2.24, 2.45) is 23.2 Å². The number of rotatable bonds is 2. The minimum Gasteiger partial charge on any atom is -0.299 e. The number of allylic oxidation sites excluding steroid dienone is 2. The number of hydrogen-bond donors (Lipinski definition) is 0. The van der Waals surface area contributed by atoms with Crippen molar-refractivity contribution in [3.63, 3.8) is 0 Å². The van der Waals surface area contributed by atoms with E-state index in [1.54, 1.807) is 12.5 Å². The Balaban J connectivity index is 1.91. The predicted molar refractivity (Wildman–Crippen MR) is 83.9 cm³/mol. The molecule has 21 heavy (non-hydrogen) atoms. The van der Waals surface area contributed by atoms with E-state index < -0.39 is 0 Å². The second kappa shape index (κ2) is 5.37. The third kappa shape index (κ3) is 2.31. The average molecular weight is 288 g/mol. The van der Waals surface area contributed by atoms with Gasteiger partial charge in [0.25, 0.3) is 0 Å². The molecule has 0 unspecified atom stereocenters. The Kier molecular flexibility index (Phi) is 3.83. The number of Topliss-reactive ketones (excluding diaryl/α,β-unsaturated/α-hetero) is 2. The summed E-state index contributed by atoms with van der Waals surface area (Å²) in [6.07, 6.45) is 8.07. The topological polar surface area (TPSA) is 34.1 Å². The zero-order valence-corrected chi connectivity index (χ0v) is 13.7. The van der Waals surface area contributed by atoms with E-state index in [4.69, 9.17) is 0 Å². The van der Waals surface area contributed by atoms with Gasteiger partial charge in [-0.15, -0.1) is 0 Å². The van der Waals surface area contributed by atoms with Crippen molar-refractivity contribution < 1.29 is 9.59 Å². The Morgan fingerprint density at radius 3 is 2.67 bits per heavy atom. The molecule has 3 aliphatic rings. The maximum absolute atomic E-state index is 12.2. The minimum atomic E-state index is -0.113. The fraction of sp³-hybridized carbons (Fsp3) is 0.789. The van der Waals surface area contributed by atoms with Crippen molar-refractivity contribution in [3.05, 3.63) is 11.1 Å². The molecule has 1 fully saturated rings. The highest BCUT2D eigenvalue weighted by molar-refractivity contribution is 5.83. The molecular formula is C19H28O2. The van der Waals surface area contributed by atoms with Gasteiger partial charge in [0.05, 0.1) is 0 Å². The van der Waals surface area contributed by atoms with Crippen molar-refractivity contribution in [1.29, 1.82) is 0 Å². The largest absolute Gasteiger partial charge is 0.299 e. The summed E-state index contributed by atoms with van der Waals surface area (Å²) in [5.41, 5.74) is 2.97. The van der Waals surface area contributed by atoms with Crippen LogP contribution in [0.4, 0.5) is 0 Å². The second-order valence-corrected chi connectivity index (χ2v) is 7.68. The molecule has 0 saturated heterocycles. The van der Waals surface area contributed by atoms with Crippen LogP contribution < -0.4 is 0 Å². The molecule has 2 nitrogen and oxygen atoms in total. The van der Waals surface area contributed by atoms with E-state index in [2.05, 4.69) is 13.8 Å². The molecule has 0 amide bonds. The van der Waals surface area contributed by atoms with E-state index in [-0.39, 0.29) is 5.41 Å². The van der Waals surface area contributed by atoms with Crippen molar-refractivity contribution in [2.45, 2.75) is 72.1 Å². The zero-order chi connectivity index (χ0) is 15.2. The first-order valence-corrected chi connectivity index (χ1v) is 8.71. The third-order valence-electron chi connectivity index (χ3n) is 6.84. The monoisotopic (exact) mass is 288 g/mol. The quantitative estimate of drug-likeness (QED) is 0.702. The summed E-state index contributed by atoms with van der Waals surface area (Å²) in [7, 11) is 0. The van der Waals surface area contributed by atoms with E-state index in [0.29, 0.717) is 29.3 Å². The van der Waals surface area contributed by atoms with Crippen LogP contribution in [-0.4, -0.2) is 11.6 Å². The molecule has 0 radical (unpaired) electrons. The Labute approximate surface area is 128 Å². The minimum absolute atomic E-state index is 0.113. The smallest absolute Gasteiger partial charge is 0.137 e. The van der Waals surface area contributed by atoms with Crippen LogP contribution in [0.25, 0.3) is 0 Å². The fourth-order valence-electron chi connectivity index (χ4n) is 5.56. The lowest BCUT2D eigenvalue weighted by atomic mass is 9.52. The molecule has 0 aromatic carbocycles. The number of hydrogen-bond acceptors (Lipinski definition) is 2. The first-order chi connectivity index (χ1) is 9.97. The van der Waals surface area contributed by atoms with Gasteiger partial charge in [0.2, 0.25) is 0 Å². The molecule has 3 rings (SSSR count). The molecule has 0 N–H and O–H groups in total. The molecule has 4 atom stereocenters. The van der Waals surface area contributed by atoms with E-state index >= 15 is 0 Å². The lowest BCUT2D eigenvalue weighted by Gasteiger charge is -2.52. The Hall–Kier alpha value is -0.920. The molecule has 0 heterocycles. The first kappa shape index (κ1) is 15.0.